The Morgan fingerprint density at radius 3 is 2.61 bits per heavy atom. The zero-order chi connectivity index (χ0) is 16.2. The Bertz CT molecular complexity index is 660. The Balaban J connectivity index is 1.84. The fourth-order valence-electron chi connectivity index (χ4n) is 3.67. The normalized spacial score (nSPS) is 16.3. The van der Waals surface area contributed by atoms with Crippen LogP contribution in [-0.2, 0) is 13.0 Å². The van der Waals surface area contributed by atoms with E-state index in [0.717, 1.165) is 31.0 Å². The molecule has 1 saturated carbocycles. The molecule has 0 radical (unpaired) electrons. The predicted molar refractivity (Wildman–Crippen MR) is 88.2 cm³/mol. The SMILES string of the molecule is NCCCn1c(CCC2CCCCC2)nc2cc(F)c(F)cc21. The van der Waals surface area contributed by atoms with Crippen molar-refractivity contribution in [3.8, 4) is 0 Å². The van der Waals surface area contributed by atoms with Gasteiger partial charge in [-0.05, 0) is 25.3 Å². The number of benzene rings is 1. The van der Waals surface area contributed by atoms with E-state index < -0.39 is 11.6 Å². The average molecular weight is 321 g/mol. The van der Waals surface area contributed by atoms with Crippen LogP contribution in [0.5, 0.6) is 0 Å². The average Bonchev–Trinajstić information content (AvgIpc) is 2.89. The number of rotatable bonds is 6. The van der Waals surface area contributed by atoms with Crippen molar-refractivity contribution >= 4 is 11.0 Å². The second kappa shape index (κ2) is 7.39. The van der Waals surface area contributed by atoms with Crippen LogP contribution in [0.2, 0.25) is 0 Å². The molecule has 1 aromatic heterocycles. The molecule has 0 atom stereocenters. The molecule has 3 rings (SSSR count). The first-order chi connectivity index (χ1) is 11.2. The molecule has 0 saturated heterocycles. The van der Waals surface area contributed by atoms with Crippen LogP contribution in [0.1, 0.15) is 50.8 Å². The number of halogens is 2. The maximum absolute atomic E-state index is 13.6. The van der Waals surface area contributed by atoms with E-state index in [1.165, 1.54) is 44.2 Å². The second-order valence-electron chi connectivity index (χ2n) is 6.62. The fraction of sp³-hybridized carbons (Fsp3) is 0.611. The van der Waals surface area contributed by atoms with Crippen LogP contribution in [0.3, 0.4) is 0 Å². The van der Waals surface area contributed by atoms with Gasteiger partial charge in [-0.15, -0.1) is 0 Å². The lowest BCUT2D eigenvalue weighted by atomic mass is 9.86. The van der Waals surface area contributed by atoms with Crippen molar-refractivity contribution in [1.29, 1.82) is 0 Å². The number of aryl methyl sites for hydroxylation is 2. The molecule has 1 aliphatic carbocycles. The summed E-state index contributed by atoms with van der Waals surface area (Å²) in [5, 5.41) is 0. The van der Waals surface area contributed by atoms with Crippen LogP contribution < -0.4 is 5.73 Å². The van der Waals surface area contributed by atoms with Crippen LogP contribution in [-0.4, -0.2) is 16.1 Å². The highest BCUT2D eigenvalue weighted by Gasteiger charge is 2.17. The van der Waals surface area contributed by atoms with E-state index in [4.69, 9.17) is 5.73 Å². The highest BCUT2D eigenvalue weighted by Crippen LogP contribution is 2.28. The number of nitrogens with two attached hydrogens (primary N) is 1. The first-order valence-electron chi connectivity index (χ1n) is 8.73. The molecule has 126 valence electrons. The van der Waals surface area contributed by atoms with Crippen LogP contribution in [0, 0.1) is 17.6 Å². The summed E-state index contributed by atoms with van der Waals surface area (Å²) in [6.45, 7) is 1.28. The largest absolute Gasteiger partial charge is 0.330 e. The van der Waals surface area contributed by atoms with Gasteiger partial charge in [0.1, 0.15) is 5.82 Å². The molecule has 2 aromatic rings. The molecular formula is C18H25F2N3. The van der Waals surface area contributed by atoms with Crippen molar-refractivity contribution in [2.75, 3.05) is 6.54 Å². The van der Waals surface area contributed by atoms with Crippen molar-refractivity contribution in [3.63, 3.8) is 0 Å². The van der Waals surface area contributed by atoms with Crippen LogP contribution in [0.4, 0.5) is 8.78 Å². The van der Waals surface area contributed by atoms with E-state index in [1.54, 1.807) is 0 Å². The van der Waals surface area contributed by atoms with E-state index in [2.05, 4.69) is 4.98 Å². The first-order valence-corrected chi connectivity index (χ1v) is 8.73. The molecule has 3 nitrogen and oxygen atoms in total. The van der Waals surface area contributed by atoms with Gasteiger partial charge in [0, 0.05) is 25.1 Å². The minimum absolute atomic E-state index is 0.541. The molecule has 2 N–H and O–H groups in total. The van der Waals surface area contributed by atoms with Gasteiger partial charge in [0.05, 0.1) is 11.0 Å². The number of imidazole rings is 1. The maximum atomic E-state index is 13.6. The van der Waals surface area contributed by atoms with Gasteiger partial charge < -0.3 is 10.3 Å². The molecule has 1 aliphatic rings. The molecule has 0 bridgehead atoms. The van der Waals surface area contributed by atoms with E-state index in [-0.39, 0.29) is 0 Å². The Kier molecular flexibility index (Phi) is 5.26. The van der Waals surface area contributed by atoms with Gasteiger partial charge in [0.25, 0.3) is 0 Å². The van der Waals surface area contributed by atoms with Gasteiger partial charge >= 0.3 is 0 Å². The molecule has 0 aliphatic heterocycles. The van der Waals surface area contributed by atoms with Gasteiger partial charge in [-0.3, -0.25) is 0 Å². The molecular weight excluding hydrogens is 296 g/mol. The molecule has 0 unspecified atom stereocenters. The third-order valence-corrected chi connectivity index (χ3v) is 4.96. The Hall–Kier alpha value is -1.49. The third kappa shape index (κ3) is 3.71. The topological polar surface area (TPSA) is 43.8 Å². The lowest BCUT2D eigenvalue weighted by molar-refractivity contribution is 0.336. The van der Waals surface area contributed by atoms with Crippen molar-refractivity contribution in [2.24, 2.45) is 11.7 Å². The number of aromatic nitrogens is 2. The van der Waals surface area contributed by atoms with Gasteiger partial charge in [-0.2, -0.15) is 0 Å². The molecule has 1 fully saturated rings. The zero-order valence-corrected chi connectivity index (χ0v) is 13.5. The zero-order valence-electron chi connectivity index (χ0n) is 13.5. The summed E-state index contributed by atoms with van der Waals surface area (Å²) < 4.78 is 29.1. The van der Waals surface area contributed by atoms with E-state index in [1.807, 2.05) is 4.57 Å². The summed E-state index contributed by atoms with van der Waals surface area (Å²) in [7, 11) is 0. The fourth-order valence-corrected chi connectivity index (χ4v) is 3.67. The van der Waals surface area contributed by atoms with Gasteiger partial charge in [-0.25, -0.2) is 13.8 Å². The minimum Gasteiger partial charge on any atom is -0.330 e. The number of hydrogen-bond donors (Lipinski definition) is 1. The van der Waals surface area contributed by atoms with Crippen molar-refractivity contribution < 1.29 is 8.78 Å². The Labute approximate surface area is 135 Å². The van der Waals surface area contributed by atoms with Gasteiger partial charge in [0.15, 0.2) is 11.6 Å². The number of hydrogen-bond acceptors (Lipinski definition) is 2. The van der Waals surface area contributed by atoms with Gasteiger partial charge in [-0.1, -0.05) is 32.1 Å². The Morgan fingerprint density at radius 1 is 1.13 bits per heavy atom. The lowest BCUT2D eigenvalue weighted by Crippen LogP contribution is -2.12. The molecule has 1 aromatic carbocycles. The molecule has 23 heavy (non-hydrogen) atoms. The van der Waals surface area contributed by atoms with Crippen molar-refractivity contribution in [3.05, 3.63) is 29.6 Å². The first kappa shape index (κ1) is 16.4. The summed E-state index contributed by atoms with van der Waals surface area (Å²) in [4.78, 5) is 4.57. The predicted octanol–water partition coefficient (Wildman–Crippen LogP) is 4.18. The highest BCUT2D eigenvalue weighted by molar-refractivity contribution is 5.76. The van der Waals surface area contributed by atoms with Crippen molar-refractivity contribution in [1.82, 2.24) is 9.55 Å². The summed E-state index contributed by atoms with van der Waals surface area (Å²) in [5.41, 5.74) is 6.83. The minimum atomic E-state index is -0.834. The maximum Gasteiger partial charge on any atom is 0.161 e. The molecule has 1 heterocycles. The molecule has 0 spiro atoms. The van der Waals surface area contributed by atoms with E-state index in [9.17, 15) is 8.78 Å². The second-order valence-corrected chi connectivity index (χ2v) is 6.62. The van der Waals surface area contributed by atoms with E-state index >= 15 is 0 Å². The standard InChI is InChI=1S/C18H25F2N3/c19-14-11-16-17(12-15(14)20)23(10-4-9-21)18(22-16)8-7-13-5-2-1-3-6-13/h11-13H,1-10,21H2. The summed E-state index contributed by atoms with van der Waals surface area (Å²) in [5.74, 6) is 0.0500. The molecule has 0 amide bonds. The highest BCUT2D eigenvalue weighted by atomic mass is 19.2. The van der Waals surface area contributed by atoms with E-state index in [0.29, 0.717) is 24.1 Å². The summed E-state index contributed by atoms with van der Waals surface area (Å²) in [6.07, 6.45) is 9.38. The number of fused-ring (bicyclic) bond motifs is 1. The van der Waals surface area contributed by atoms with Crippen LogP contribution in [0.15, 0.2) is 12.1 Å². The molecule has 5 heteroatoms. The monoisotopic (exact) mass is 321 g/mol. The van der Waals surface area contributed by atoms with Crippen LogP contribution in [0.25, 0.3) is 11.0 Å². The Morgan fingerprint density at radius 2 is 1.87 bits per heavy atom. The van der Waals surface area contributed by atoms with Gasteiger partial charge in [0.2, 0.25) is 0 Å². The van der Waals surface area contributed by atoms with Crippen molar-refractivity contribution in [2.45, 2.75) is 57.9 Å². The van der Waals surface area contributed by atoms with Crippen LogP contribution >= 0.6 is 0 Å². The number of nitrogens with zero attached hydrogens (tertiary/aromatic N) is 2. The third-order valence-electron chi connectivity index (χ3n) is 4.96. The summed E-state index contributed by atoms with van der Waals surface area (Å²) in [6, 6.07) is 2.46. The smallest absolute Gasteiger partial charge is 0.161 e. The summed E-state index contributed by atoms with van der Waals surface area (Å²) >= 11 is 0. The lowest BCUT2D eigenvalue weighted by Gasteiger charge is -2.21. The quantitative estimate of drug-likeness (QED) is 0.867.